The lowest BCUT2D eigenvalue weighted by Gasteiger charge is -2.26. The summed E-state index contributed by atoms with van der Waals surface area (Å²) in [5.41, 5.74) is 5.23. The first-order valence-electron chi connectivity index (χ1n) is 15.6. The van der Waals surface area contributed by atoms with E-state index in [9.17, 15) is 9.90 Å². The predicted octanol–water partition coefficient (Wildman–Crippen LogP) is 7.79. The van der Waals surface area contributed by atoms with Crippen LogP contribution in [0.25, 0.3) is 0 Å². The number of allylic oxidation sites excluding steroid dienone is 4. The van der Waals surface area contributed by atoms with Crippen LogP contribution in [0.1, 0.15) is 75.2 Å². The molecule has 1 aliphatic carbocycles. The monoisotopic (exact) mass is 588 g/mol. The largest absolute Gasteiger partial charge is 0.489 e. The van der Waals surface area contributed by atoms with Gasteiger partial charge in [0, 0.05) is 68.4 Å². The van der Waals surface area contributed by atoms with Crippen molar-refractivity contribution in [2.45, 2.75) is 59.3 Å². The SMILES string of the molecule is CCCCN(CC)C1=CC=C(N2CCCC2)C=C(COc2ccc(C=Nc3cc(C(=O)O)ccc3NCCC)c(F)c2)C1. The van der Waals surface area contributed by atoms with Crippen LogP contribution < -0.4 is 10.1 Å². The first kappa shape index (κ1) is 31.9. The van der Waals surface area contributed by atoms with Gasteiger partial charge in [-0.05, 0) is 86.7 Å². The molecule has 0 unspecified atom stereocenters. The molecule has 4 rings (SSSR count). The minimum Gasteiger partial charge on any atom is -0.489 e. The topological polar surface area (TPSA) is 77.4 Å². The van der Waals surface area contributed by atoms with Crippen LogP contribution in [0.3, 0.4) is 0 Å². The summed E-state index contributed by atoms with van der Waals surface area (Å²) in [6.07, 6.45) is 14.6. The average molecular weight is 589 g/mol. The molecule has 1 aliphatic heterocycles. The minimum atomic E-state index is -1.04. The van der Waals surface area contributed by atoms with Crippen LogP contribution in [-0.2, 0) is 0 Å². The van der Waals surface area contributed by atoms with E-state index in [0.717, 1.165) is 57.4 Å². The summed E-state index contributed by atoms with van der Waals surface area (Å²) in [6.45, 7) is 11.7. The van der Waals surface area contributed by atoms with Crippen LogP contribution in [0, 0.1) is 5.82 Å². The van der Waals surface area contributed by atoms with Crippen molar-refractivity contribution >= 4 is 23.6 Å². The highest BCUT2D eigenvalue weighted by atomic mass is 19.1. The number of benzene rings is 2. The highest BCUT2D eigenvalue weighted by Crippen LogP contribution is 2.28. The number of hydrogen-bond acceptors (Lipinski definition) is 6. The first-order valence-corrected chi connectivity index (χ1v) is 15.6. The van der Waals surface area contributed by atoms with E-state index >= 15 is 4.39 Å². The van der Waals surface area contributed by atoms with E-state index in [4.69, 9.17) is 4.74 Å². The molecule has 0 bridgehead atoms. The number of carbonyl (C=O) groups is 1. The van der Waals surface area contributed by atoms with E-state index in [1.165, 1.54) is 48.6 Å². The zero-order valence-electron chi connectivity index (χ0n) is 25.7. The summed E-state index contributed by atoms with van der Waals surface area (Å²) in [5, 5.41) is 12.6. The van der Waals surface area contributed by atoms with E-state index in [2.05, 4.69) is 52.2 Å². The molecule has 1 fully saturated rings. The Morgan fingerprint density at radius 3 is 2.63 bits per heavy atom. The second-order valence-electron chi connectivity index (χ2n) is 11.1. The number of aliphatic imine (C=N–C) groups is 1. The normalized spacial score (nSPS) is 15.2. The molecule has 0 amide bonds. The Bertz CT molecular complexity index is 1380. The molecule has 230 valence electrons. The highest BCUT2D eigenvalue weighted by Gasteiger charge is 2.18. The first-order chi connectivity index (χ1) is 20.9. The number of nitrogens with one attached hydrogen (secondary N) is 1. The maximum absolute atomic E-state index is 15.2. The molecular weight excluding hydrogens is 543 g/mol. The third-order valence-electron chi connectivity index (χ3n) is 7.80. The van der Waals surface area contributed by atoms with Gasteiger partial charge in [0.05, 0.1) is 16.9 Å². The third kappa shape index (κ3) is 8.96. The van der Waals surface area contributed by atoms with Gasteiger partial charge in [0.1, 0.15) is 18.2 Å². The van der Waals surface area contributed by atoms with E-state index in [0.29, 0.717) is 35.8 Å². The van der Waals surface area contributed by atoms with Gasteiger partial charge in [-0.25, -0.2) is 9.18 Å². The van der Waals surface area contributed by atoms with Crippen molar-refractivity contribution in [1.29, 1.82) is 0 Å². The van der Waals surface area contributed by atoms with Gasteiger partial charge in [0.2, 0.25) is 0 Å². The number of anilines is 1. The molecule has 43 heavy (non-hydrogen) atoms. The molecule has 0 spiro atoms. The van der Waals surface area contributed by atoms with Crippen molar-refractivity contribution in [2.75, 3.05) is 44.6 Å². The van der Waals surface area contributed by atoms with Crippen LogP contribution in [0.5, 0.6) is 5.75 Å². The van der Waals surface area contributed by atoms with Crippen LogP contribution in [0.2, 0.25) is 0 Å². The number of unbranched alkanes of at least 4 members (excludes halogenated alkanes) is 1. The number of ether oxygens (including phenoxy) is 1. The maximum Gasteiger partial charge on any atom is 0.335 e. The lowest BCUT2D eigenvalue weighted by Crippen LogP contribution is -2.24. The van der Waals surface area contributed by atoms with E-state index < -0.39 is 11.8 Å². The standard InChI is InChI=1S/C35H45FN4O3/c1-4-7-17-39(6-3)29-12-13-30(40-18-8-9-19-40)21-26(20-29)25-43-31-14-10-28(32(36)23-31)24-38-34-22-27(35(41)42)11-15-33(34)37-16-5-2/h10-15,21-24,37H,4-9,16-20,25H2,1-3H3,(H,41,42). The number of likely N-dealkylation sites (tertiary alicyclic amines) is 1. The van der Waals surface area contributed by atoms with Crippen molar-refractivity contribution in [3.63, 3.8) is 0 Å². The molecule has 8 heteroatoms. The predicted molar refractivity (Wildman–Crippen MR) is 173 cm³/mol. The number of rotatable bonds is 15. The number of nitrogens with zero attached hydrogens (tertiary/aromatic N) is 3. The molecule has 0 saturated carbocycles. The minimum absolute atomic E-state index is 0.124. The van der Waals surface area contributed by atoms with Crippen molar-refractivity contribution in [1.82, 2.24) is 9.80 Å². The molecule has 1 heterocycles. The van der Waals surface area contributed by atoms with Crippen molar-refractivity contribution < 1.29 is 19.0 Å². The smallest absolute Gasteiger partial charge is 0.335 e. The Morgan fingerprint density at radius 1 is 1.12 bits per heavy atom. The molecule has 2 aromatic carbocycles. The van der Waals surface area contributed by atoms with E-state index in [1.54, 1.807) is 18.2 Å². The van der Waals surface area contributed by atoms with E-state index in [1.807, 2.05) is 6.92 Å². The highest BCUT2D eigenvalue weighted by molar-refractivity contribution is 5.91. The number of halogens is 1. The summed E-state index contributed by atoms with van der Waals surface area (Å²) < 4.78 is 21.3. The number of carboxylic acid groups (broad SMARTS) is 1. The Morgan fingerprint density at radius 2 is 1.93 bits per heavy atom. The zero-order valence-corrected chi connectivity index (χ0v) is 25.7. The second-order valence-corrected chi connectivity index (χ2v) is 11.1. The van der Waals surface area contributed by atoms with E-state index in [-0.39, 0.29) is 5.56 Å². The lowest BCUT2D eigenvalue weighted by atomic mass is 10.1. The molecule has 0 aromatic heterocycles. The number of aromatic carboxylic acids is 1. The quantitative estimate of drug-likeness (QED) is 0.207. The van der Waals surface area contributed by atoms with Gasteiger partial charge >= 0.3 is 5.97 Å². The fraction of sp³-hybridized carbons (Fsp3) is 0.429. The summed E-state index contributed by atoms with van der Waals surface area (Å²) in [6, 6.07) is 9.48. The zero-order chi connectivity index (χ0) is 30.6. The van der Waals surface area contributed by atoms with Crippen molar-refractivity contribution in [3.8, 4) is 5.75 Å². The van der Waals surface area contributed by atoms with Crippen LogP contribution in [-0.4, -0.2) is 66.4 Å². The Labute approximate surface area is 255 Å². The lowest BCUT2D eigenvalue weighted by molar-refractivity contribution is 0.0697. The Hall–Kier alpha value is -4.07. The van der Waals surface area contributed by atoms with Gasteiger partial charge in [0.25, 0.3) is 0 Å². The molecule has 2 aliphatic rings. The summed E-state index contributed by atoms with van der Waals surface area (Å²) in [4.78, 5) is 20.8. The maximum atomic E-state index is 15.2. The Balaban J connectivity index is 1.48. The van der Waals surface area contributed by atoms with Gasteiger partial charge < -0.3 is 25.0 Å². The van der Waals surface area contributed by atoms with Crippen LogP contribution in [0.4, 0.5) is 15.8 Å². The third-order valence-corrected chi connectivity index (χ3v) is 7.80. The molecule has 2 aromatic rings. The molecule has 7 nitrogen and oxygen atoms in total. The van der Waals surface area contributed by atoms with Crippen molar-refractivity contribution in [3.05, 3.63) is 88.5 Å². The van der Waals surface area contributed by atoms with Gasteiger partial charge in [0.15, 0.2) is 0 Å². The fourth-order valence-electron chi connectivity index (χ4n) is 5.32. The summed E-state index contributed by atoms with van der Waals surface area (Å²) in [7, 11) is 0. The fourth-order valence-corrected chi connectivity index (χ4v) is 5.32. The van der Waals surface area contributed by atoms with Gasteiger partial charge in [-0.1, -0.05) is 20.3 Å². The van der Waals surface area contributed by atoms with Crippen LogP contribution >= 0.6 is 0 Å². The molecule has 0 radical (unpaired) electrons. The second kappa shape index (κ2) is 16.0. The van der Waals surface area contributed by atoms with Gasteiger partial charge in [-0.3, -0.25) is 4.99 Å². The molecule has 0 atom stereocenters. The number of hydrogen-bond donors (Lipinski definition) is 2. The summed E-state index contributed by atoms with van der Waals surface area (Å²) >= 11 is 0. The summed E-state index contributed by atoms with van der Waals surface area (Å²) in [5.74, 6) is -1.04. The molecule has 2 N–H and O–H groups in total. The molecular formula is C35H45FN4O3. The Kier molecular flexibility index (Phi) is 11.8. The molecule has 1 saturated heterocycles. The van der Waals surface area contributed by atoms with Crippen molar-refractivity contribution in [2.24, 2.45) is 4.99 Å². The van der Waals surface area contributed by atoms with Crippen LogP contribution in [0.15, 0.2) is 76.6 Å². The van der Waals surface area contributed by atoms with Gasteiger partial charge in [-0.15, -0.1) is 0 Å². The van der Waals surface area contributed by atoms with Gasteiger partial charge in [-0.2, -0.15) is 0 Å². The average Bonchev–Trinajstić information content (AvgIpc) is 3.47. The number of carboxylic acids is 1.